The van der Waals surface area contributed by atoms with E-state index in [-0.39, 0.29) is 42.5 Å². The Hall–Kier alpha value is -2.30. The van der Waals surface area contributed by atoms with Crippen molar-refractivity contribution in [2.24, 2.45) is 5.92 Å². The number of benzene rings is 1. The number of fused-ring (bicyclic) bond motifs is 2. The lowest BCUT2D eigenvalue weighted by Crippen LogP contribution is -2.46. The van der Waals surface area contributed by atoms with Crippen LogP contribution in [0.2, 0.25) is 5.02 Å². The summed E-state index contributed by atoms with van der Waals surface area (Å²) < 4.78 is 52.4. The lowest BCUT2D eigenvalue weighted by atomic mass is 9.67. The zero-order chi connectivity index (χ0) is 24.5. The number of aromatic nitrogens is 1. The van der Waals surface area contributed by atoms with Gasteiger partial charge in [-0.25, -0.2) is 0 Å². The molecule has 0 radical (unpaired) electrons. The third-order valence-electron chi connectivity index (χ3n) is 8.01. The lowest BCUT2D eigenvalue weighted by molar-refractivity contribution is -0.352. The fourth-order valence-electron chi connectivity index (χ4n) is 6.13. The highest BCUT2D eigenvalue weighted by atomic mass is 35.5. The Labute approximate surface area is 203 Å². The van der Waals surface area contributed by atoms with Crippen LogP contribution in [-0.2, 0) is 14.9 Å². The van der Waals surface area contributed by atoms with Crippen molar-refractivity contribution >= 4 is 17.5 Å². The van der Waals surface area contributed by atoms with Crippen LogP contribution in [0.1, 0.15) is 67.6 Å². The zero-order valence-corrected chi connectivity index (χ0v) is 19.3. The molecule has 7 nitrogen and oxygen atoms in total. The summed E-state index contributed by atoms with van der Waals surface area (Å²) in [5, 5.41) is 18.3. The molecule has 7 rings (SSSR count). The molecule has 5 aliphatic rings. The minimum atomic E-state index is -4.62. The number of rotatable bonds is 5. The molecule has 35 heavy (non-hydrogen) atoms. The SMILES string of the molecule is O=C(NC1CC2(c3cc(C4CC(OC(F)(F)F)C4)on3)CC1C2)[C@H]1C[C@@H](O)c2cc(Cl)ccc2O1. The fraction of sp³-hybridized carbons (Fsp3) is 0.583. The molecule has 0 saturated heterocycles. The van der Waals surface area contributed by atoms with Crippen LogP contribution < -0.4 is 10.1 Å². The van der Waals surface area contributed by atoms with E-state index in [9.17, 15) is 23.1 Å². The highest BCUT2D eigenvalue weighted by Gasteiger charge is 2.59. The number of nitrogens with one attached hydrogen (secondary N) is 1. The van der Waals surface area contributed by atoms with Crippen LogP contribution in [0.3, 0.4) is 0 Å². The summed E-state index contributed by atoms with van der Waals surface area (Å²) >= 11 is 5.99. The number of nitrogens with zero attached hydrogens (tertiary/aromatic N) is 1. The van der Waals surface area contributed by atoms with Gasteiger partial charge >= 0.3 is 6.36 Å². The molecule has 4 fully saturated rings. The van der Waals surface area contributed by atoms with E-state index < -0.39 is 24.7 Å². The molecule has 1 aromatic heterocycles. The Morgan fingerprint density at radius 1 is 1.20 bits per heavy atom. The number of aliphatic hydroxyl groups excluding tert-OH is 1. The second-order valence-electron chi connectivity index (χ2n) is 10.3. The van der Waals surface area contributed by atoms with Crippen LogP contribution in [0.4, 0.5) is 13.2 Å². The molecule has 2 bridgehead atoms. The molecule has 4 saturated carbocycles. The first-order valence-corrected chi connectivity index (χ1v) is 12.1. The first kappa shape index (κ1) is 23.1. The normalized spacial score (nSPS) is 35.5. The van der Waals surface area contributed by atoms with Gasteiger partial charge in [-0.3, -0.25) is 9.53 Å². The highest BCUT2D eigenvalue weighted by molar-refractivity contribution is 6.30. The third kappa shape index (κ3) is 4.19. The Bertz CT molecular complexity index is 1140. The van der Waals surface area contributed by atoms with Gasteiger partial charge in [0.15, 0.2) is 6.10 Å². The summed E-state index contributed by atoms with van der Waals surface area (Å²) in [7, 11) is 0. The number of halogens is 4. The molecule has 1 aromatic carbocycles. The van der Waals surface area contributed by atoms with Crippen molar-refractivity contribution in [2.75, 3.05) is 0 Å². The van der Waals surface area contributed by atoms with E-state index in [1.807, 2.05) is 6.07 Å². The average Bonchev–Trinajstić information content (AvgIpc) is 3.43. The quantitative estimate of drug-likeness (QED) is 0.611. The van der Waals surface area contributed by atoms with Gasteiger partial charge in [0.05, 0.1) is 17.9 Å². The maximum atomic E-state index is 13.0. The van der Waals surface area contributed by atoms with Gasteiger partial charge in [-0.15, -0.1) is 13.2 Å². The molecule has 188 valence electrons. The number of ether oxygens (including phenoxy) is 2. The summed E-state index contributed by atoms with van der Waals surface area (Å²) in [6, 6.07) is 6.77. The Balaban J connectivity index is 1.05. The van der Waals surface area contributed by atoms with Crippen LogP contribution >= 0.6 is 11.6 Å². The Morgan fingerprint density at radius 3 is 2.71 bits per heavy atom. The van der Waals surface area contributed by atoms with Crippen molar-refractivity contribution in [3.8, 4) is 5.75 Å². The van der Waals surface area contributed by atoms with Gasteiger partial charge in [0.2, 0.25) is 0 Å². The summed E-state index contributed by atoms with van der Waals surface area (Å²) in [4.78, 5) is 13.0. The van der Waals surface area contributed by atoms with Gasteiger partial charge in [0.25, 0.3) is 5.91 Å². The zero-order valence-electron chi connectivity index (χ0n) is 18.6. The monoisotopic (exact) mass is 512 g/mol. The van der Waals surface area contributed by atoms with E-state index in [0.717, 1.165) is 18.5 Å². The van der Waals surface area contributed by atoms with Crippen LogP contribution in [0.25, 0.3) is 0 Å². The number of hydrogen-bond donors (Lipinski definition) is 2. The van der Waals surface area contributed by atoms with Gasteiger partial charge in [-0.1, -0.05) is 16.8 Å². The number of carbonyl (C=O) groups is 1. The summed E-state index contributed by atoms with van der Waals surface area (Å²) in [6.45, 7) is 0. The molecular formula is C24H24ClF3N2O5. The molecule has 2 heterocycles. The van der Waals surface area contributed by atoms with E-state index in [1.54, 1.807) is 18.2 Å². The van der Waals surface area contributed by atoms with Crippen molar-refractivity contribution in [1.82, 2.24) is 10.5 Å². The third-order valence-corrected chi connectivity index (χ3v) is 8.25. The number of amides is 1. The Morgan fingerprint density at radius 2 is 1.97 bits per heavy atom. The van der Waals surface area contributed by atoms with Gasteiger partial charge < -0.3 is 19.7 Å². The predicted molar refractivity (Wildman–Crippen MR) is 116 cm³/mol. The standard InChI is InChI=1S/C24H24ClF3N2O5/c25-13-1-2-18-15(5-13)17(31)6-20(33-18)22(32)29-16-10-23(8-12(16)9-23)21-7-19(35-30-21)11-3-14(4-11)34-24(26,27)28/h1-2,5,7,11-12,14,16-17,20,31H,3-4,6,8-10H2,(H,29,32)/t11?,12?,14?,16?,17-,20-,23?/m1/s1. The molecule has 1 unspecified atom stereocenters. The topological polar surface area (TPSA) is 93.8 Å². The van der Waals surface area contributed by atoms with Crippen molar-refractivity contribution in [3.05, 3.63) is 46.3 Å². The van der Waals surface area contributed by atoms with Crippen molar-refractivity contribution < 1.29 is 37.1 Å². The smallest absolute Gasteiger partial charge is 0.480 e. The first-order valence-electron chi connectivity index (χ1n) is 11.7. The molecule has 4 aliphatic carbocycles. The predicted octanol–water partition coefficient (Wildman–Crippen LogP) is 4.53. The first-order chi connectivity index (χ1) is 16.6. The van der Waals surface area contributed by atoms with Gasteiger partial charge in [-0.2, -0.15) is 0 Å². The molecule has 11 heteroatoms. The molecule has 1 amide bonds. The summed E-state index contributed by atoms with van der Waals surface area (Å²) in [5.41, 5.74) is 1.19. The van der Waals surface area contributed by atoms with Gasteiger partial charge in [-0.05, 0) is 56.2 Å². The number of carbonyl (C=O) groups excluding carboxylic acids is 1. The summed E-state index contributed by atoms with van der Waals surface area (Å²) in [5.74, 6) is 0.973. The van der Waals surface area contributed by atoms with Crippen molar-refractivity contribution in [1.29, 1.82) is 0 Å². The second kappa shape index (κ2) is 8.11. The Kier molecular flexibility index (Phi) is 5.36. The minimum absolute atomic E-state index is 0.0386. The fourth-order valence-corrected chi connectivity index (χ4v) is 6.32. The van der Waals surface area contributed by atoms with Crippen LogP contribution in [0.5, 0.6) is 5.75 Å². The van der Waals surface area contributed by atoms with E-state index in [2.05, 4.69) is 15.2 Å². The highest BCUT2D eigenvalue weighted by Crippen LogP contribution is 2.60. The maximum Gasteiger partial charge on any atom is 0.522 e. The number of aliphatic hydroxyl groups is 1. The van der Waals surface area contributed by atoms with E-state index in [0.29, 0.717) is 34.4 Å². The molecule has 3 atom stereocenters. The van der Waals surface area contributed by atoms with E-state index in [1.165, 1.54) is 0 Å². The second-order valence-corrected chi connectivity index (χ2v) is 10.7. The molecule has 2 aromatic rings. The summed E-state index contributed by atoms with van der Waals surface area (Å²) in [6.07, 6.45) is -3.99. The molecule has 2 N–H and O–H groups in total. The maximum absolute atomic E-state index is 13.0. The molecular weight excluding hydrogens is 489 g/mol. The number of hydrogen-bond acceptors (Lipinski definition) is 6. The van der Waals surface area contributed by atoms with Crippen molar-refractivity contribution in [2.45, 2.75) is 80.6 Å². The van der Waals surface area contributed by atoms with Crippen LogP contribution in [-0.4, -0.2) is 40.8 Å². The van der Waals surface area contributed by atoms with Gasteiger partial charge in [0.1, 0.15) is 11.5 Å². The lowest BCUT2D eigenvalue weighted by Gasteiger charge is -2.36. The van der Waals surface area contributed by atoms with E-state index >= 15 is 0 Å². The minimum Gasteiger partial charge on any atom is -0.480 e. The molecule has 0 spiro atoms. The number of alkyl halides is 3. The van der Waals surface area contributed by atoms with Crippen LogP contribution in [0, 0.1) is 5.92 Å². The van der Waals surface area contributed by atoms with Gasteiger partial charge in [0, 0.05) is 40.4 Å². The van der Waals surface area contributed by atoms with Crippen molar-refractivity contribution in [3.63, 3.8) is 0 Å². The largest absolute Gasteiger partial charge is 0.522 e. The van der Waals surface area contributed by atoms with Crippen LogP contribution in [0.15, 0.2) is 28.8 Å². The van der Waals surface area contributed by atoms with E-state index in [4.69, 9.17) is 20.9 Å². The molecule has 1 aliphatic heterocycles. The average molecular weight is 513 g/mol.